The van der Waals surface area contributed by atoms with E-state index in [2.05, 4.69) is 5.32 Å². The second kappa shape index (κ2) is 5.33. The molecule has 2 aromatic rings. The van der Waals surface area contributed by atoms with Crippen molar-refractivity contribution >= 4 is 23.0 Å². The minimum Gasteiger partial charge on any atom is -0.365 e. The number of hydrogen-bond donors (Lipinski definition) is 1. The van der Waals surface area contributed by atoms with Crippen molar-refractivity contribution in [2.75, 3.05) is 0 Å². The van der Waals surface area contributed by atoms with Crippen LogP contribution in [0.25, 0.3) is 6.08 Å². The number of thioether (sulfide) groups is 1. The van der Waals surface area contributed by atoms with Crippen LogP contribution in [0.1, 0.15) is 16.5 Å². The van der Waals surface area contributed by atoms with Crippen LogP contribution in [-0.4, -0.2) is 5.12 Å². The standard InChI is InChI=1S/C16H13NOS/c18-16-14(11-12-7-3-1-4-8-12)17-15(19-16)13-9-5-2-6-10-13/h1-11,15,17H/b14-11+/t15-/m0/s1. The van der Waals surface area contributed by atoms with Gasteiger partial charge in [-0.3, -0.25) is 4.79 Å². The Bertz CT molecular complexity index is 607. The molecule has 0 saturated carbocycles. The monoisotopic (exact) mass is 267 g/mol. The lowest BCUT2D eigenvalue weighted by Gasteiger charge is -2.08. The van der Waals surface area contributed by atoms with Crippen LogP contribution in [0.4, 0.5) is 0 Å². The molecule has 3 heteroatoms. The van der Waals surface area contributed by atoms with Gasteiger partial charge >= 0.3 is 0 Å². The summed E-state index contributed by atoms with van der Waals surface area (Å²) in [6, 6.07) is 19.9. The number of benzene rings is 2. The normalized spacial score (nSPS) is 20.5. The third-order valence-electron chi connectivity index (χ3n) is 2.94. The molecular formula is C16H13NOS. The number of carbonyl (C=O) groups is 1. The molecule has 0 unspecified atom stereocenters. The molecule has 3 rings (SSSR count). The molecular weight excluding hydrogens is 254 g/mol. The molecule has 0 radical (unpaired) electrons. The largest absolute Gasteiger partial charge is 0.365 e. The van der Waals surface area contributed by atoms with Gasteiger partial charge in [-0.05, 0) is 17.2 Å². The first kappa shape index (κ1) is 12.1. The van der Waals surface area contributed by atoms with Crippen LogP contribution in [0.3, 0.4) is 0 Å². The smallest absolute Gasteiger partial charge is 0.237 e. The van der Waals surface area contributed by atoms with Crippen LogP contribution in [0.5, 0.6) is 0 Å². The first-order valence-corrected chi connectivity index (χ1v) is 7.00. The van der Waals surface area contributed by atoms with E-state index in [9.17, 15) is 4.79 Å². The maximum Gasteiger partial charge on any atom is 0.237 e. The Balaban J connectivity index is 1.83. The minimum atomic E-state index is 0.0173. The maximum atomic E-state index is 12.0. The van der Waals surface area contributed by atoms with Crippen LogP contribution in [0.2, 0.25) is 0 Å². The van der Waals surface area contributed by atoms with Gasteiger partial charge in [-0.15, -0.1) is 0 Å². The quantitative estimate of drug-likeness (QED) is 0.843. The molecule has 1 fully saturated rings. The number of rotatable bonds is 2. The second-order valence-corrected chi connectivity index (χ2v) is 5.39. The van der Waals surface area contributed by atoms with Crippen molar-refractivity contribution in [3.8, 4) is 0 Å². The lowest BCUT2D eigenvalue weighted by Crippen LogP contribution is -2.11. The summed E-state index contributed by atoms with van der Waals surface area (Å²) in [4.78, 5) is 12.0. The topological polar surface area (TPSA) is 29.1 Å². The summed E-state index contributed by atoms with van der Waals surface area (Å²) in [6.45, 7) is 0. The van der Waals surface area contributed by atoms with Gasteiger partial charge in [0.1, 0.15) is 5.37 Å². The molecule has 1 aliphatic heterocycles. The Labute approximate surface area is 116 Å². The fourth-order valence-corrected chi connectivity index (χ4v) is 2.93. The molecule has 0 amide bonds. The fraction of sp³-hybridized carbons (Fsp3) is 0.0625. The minimum absolute atomic E-state index is 0.0173. The molecule has 0 bridgehead atoms. The highest BCUT2D eigenvalue weighted by molar-refractivity contribution is 8.14. The van der Waals surface area contributed by atoms with E-state index in [1.807, 2.05) is 66.7 Å². The number of carbonyl (C=O) groups excluding carboxylic acids is 1. The van der Waals surface area contributed by atoms with Crippen LogP contribution in [-0.2, 0) is 4.79 Å². The van der Waals surface area contributed by atoms with Gasteiger partial charge in [0.15, 0.2) is 0 Å². The highest BCUT2D eigenvalue weighted by Gasteiger charge is 2.28. The summed E-state index contributed by atoms with van der Waals surface area (Å²) in [7, 11) is 0. The molecule has 2 nitrogen and oxygen atoms in total. The van der Waals surface area contributed by atoms with Gasteiger partial charge in [-0.25, -0.2) is 0 Å². The van der Waals surface area contributed by atoms with Gasteiger partial charge in [0.2, 0.25) is 5.12 Å². The zero-order valence-electron chi connectivity index (χ0n) is 10.2. The summed E-state index contributed by atoms with van der Waals surface area (Å²) in [5, 5.41) is 3.39. The number of nitrogens with one attached hydrogen (secondary N) is 1. The van der Waals surface area contributed by atoms with Crippen LogP contribution in [0.15, 0.2) is 66.4 Å². The summed E-state index contributed by atoms with van der Waals surface area (Å²) in [5.41, 5.74) is 2.83. The summed E-state index contributed by atoms with van der Waals surface area (Å²) >= 11 is 1.33. The van der Waals surface area contributed by atoms with Crippen LogP contribution in [0, 0.1) is 0 Å². The Hall–Kier alpha value is -2.00. The van der Waals surface area contributed by atoms with Crippen LogP contribution < -0.4 is 5.32 Å². The van der Waals surface area contributed by atoms with Crippen molar-refractivity contribution in [3.63, 3.8) is 0 Å². The predicted octanol–water partition coefficient (Wildman–Crippen LogP) is 3.59. The summed E-state index contributed by atoms with van der Waals surface area (Å²) in [6.07, 6.45) is 1.90. The third-order valence-corrected chi connectivity index (χ3v) is 4.00. The van der Waals surface area contributed by atoms with Crippen molar-refractivity contribution in [3.05, 3.63) is 77.5 Å². The fourth-order valence-electron chi connectivity index (χ4n) is 2.00. The van der Waals surface area contributed by atoms with Gasteiger partial charge in [-0.1, -0.05) is 72.4 Å². The first-order valence-electron chi connectivity index (χ1n) is 6.12. The van der Waals surface area contributed by atoms with Gasteiger partial charge in [0, 0.05) is 0 Å². The highest BCUT2D eigenvalue weighted by atomic mass is 32.2. The molecule has 0 spiro atoms. The van der Waals surface area contributed by atoms with Crippen LogP contribution >= 0.6 is 11.8 Å². The lowest BCUT2D eigenvalue weighted by molar-refractivity contribution is -0.107. The molecule has 1 atom stereocenters. The Morgan fingerprint density at radius 2 is 1.58 bits per heavy atom. The van der Waals surface area contributed by atoms with Crippen molar-refractivity contribution in [2.45, 2.75) is 5.37 Å². The number of hydrogen-bond acceptors (Lipinski definition) is 3. The van der Waals surface area contributed by atoms with E-state index in [4.69, 9.17) is 0 Å². The molecule has 0 aliphatic carbocycles. The van der Waals surface area contributed by atoms with Crippen molar-refractivity contribution in [2.24, 2.45) is 0 Å². The molecule has 94 valence electrons. The van der Waals surface area contributed by atoms with Crippen molar-refractivity contribution in [1.82, 2.24) is 5.32 Å². The molecule has 2 aromatic carbocycles. The van der Waals surface area contributed by atoms with E-state index in [0.717, 1.165) is 11.1 Å². The second-order valence-electron chi connectivity index (χ2n) is 4.31. The van der Waals surface area contributed by atoms with E-state index >= 15 is 0 Å². The van der Waals surface area contributed by atoms with Gasteiger partial charge in [0.05, 0.1) is 5.70 Å². The van der Waals surface area contributed by atoms with Crippen molar-refractivity contribution in [1.29, 1.82) is 0 Å². The average Bonchev–Trinajstić information content (AvgIpc) is 2.82. The van der Waals surface area contributed by atoms with E-state index in [1.54, 1.807) is 0 Å². The van der Waals surface area contributed by atoms with E-state index in [1.165, 1.54) is 11.8 Å². The molecule has 0 aromatic heterocycles. The van der Waals surface area contributed by atoms with E-state index < -0.39 is 0 Å². The lowest BCUT2D eigenvalue weighted by atomic mass is 10.2. The molecule has 1 saturated heterocycles. The predicted molar refractivity (Wildman–Crippen MR) is 79.3 cm³/mol. The zero-order chi connectivity index (χ0) is 13.1. The summed E-state index contributed by atoms with van der Waals surface area (Å²) < 4.78 is 0. The Morgan fingerprint density at radius 1 is 0.947 bits per heavy atom. The van der Waals surface area contributed by atoms with Crippen molar-refractivity contribution < 1.29 is 4.79 Å². The molecule has 1 heterocycles. The van der Waals surface area contributed by atoms with Gasteiger partial charge in [0.25, 0.3) is 0 Å². The Kier molecular flexibility index (Phi) is 3.38. The average molecular weight is 267 g/mol. The first-order chi connectivity index (χ1) is 9.33. The van der Waals surface area contributed by atoms with Gasteiger partial charge < -0.3 is 5.32 Å². The SMILES string of the molecule is O=C1S[C@@H](c2ccccc2)N/C1=C/c1ccccc1. The Morgan fingerprint density at radius 3 is 2.26 bits per heavy atom. The van der Waals surface area contributed by atoms with E-state index in [0.29, 0.717) is 5.70 Å². The summed E-state index contributed by atoms with van der Waals surface area (Å²) in [5.74, 6) is 0. The third kappa shape index (κ3) is 2.71. The molecule has 1 N–H and O–H groups in total. The van der Waals surface area contributed by atoms with Gasteiger partial charge in [-0.2, -0.15) is 0 Å². The highest BCUT2D eigenvalue weighted by Crippen LogP contribution is 2.35. The zero-order valence-corrected chi connectivity index (χ0v) is 11.1. The molecule has 19 heavy (non-hydrogen) atoms. The van der Waals surface area contributed by atoms with E-state index in [-0.39, 0.29) is 10.5 Å². The maximum absolute atomic E-state index is 12.0. The molecule has 1 aliphatic rings.